The van der Waals surface area contributed by atoms with Crippen molar-refractivity contribution in [1.29, 1.82) is 0 Å². The summed E-state index contributed by atoms with van der Waals surface area (Å²) in [7, 11) is -2.82. The fourth-order valence-electron chi connectivity index (χ4n) is 1.91. The summed E-state index contributed by atoms with van der Waals surface area (Å²) in [5.74, 6) is 0.482. The molecule has 0 amide bonds. The average Bonchev–Trinajstić information content (AvgIpc) is 2.26. The van der Waals surface area contributed by atoms with Crippen LogP contribution in [0.4, 0.5) is 11.4 Å². The maximum atomic E-state index is 11.3. The minimum atomic E-state index is -2.82. The first-order valence-corrected chi connectivity index (χ1v) is 7.68. The molecule has 0 aliphatic carbocycles. The van der Waals surface area contributed by atoms with Crippen molar-refractivity contribution < 1.29 is 8.42 Å². The highest BCUT2D eigenvalue weighted by Gasteiger charge is 2.23. The standard InChI is InChI=1S/C11H15ClN2O2S/c12-8-1-2-10(13)11(7-8)14-9-3-5-17(15,16)6-4-9/h1-2,7,9,14H,3-6,13H2. The smallest absolute Gasteiger partial charge is 0.150 e. The first kappa shape index (κ1) is 12.5. The van der Waals surface area contributed by atoms with Gasteiger partial charge in [-0.25, -0.2) is 8.42 Å². The number of nitrogens with two attached hydrogens (primary N) is 1. The SMILES string of the molecule is Nc1ccc(Cl)cc1NC1CCS(=O)(=O)CC1. The van der Waals surface area contributed by atoms with Gasteiger partial charge in [0.05, 0.1) is 22.9 Å². The lowest BCUT2D eigenvalue weighted by Gasteiger charge is -2.24. The zero-order chi connectivity index (χ0) is 12.5. The van der Waals surface area contributed by atoms with Gasteiger partial charge in [-0.2, -0.15) is 0 Å². The average molecular weight is 275 g/mol. The van der Waals surface area contributed by atoms with Gasteiger partial charge < -0.3 is 11.1 Å². The Kier molecular flexibility index (Phi) is 3.49. The van der Waals surface area contributed by atoms with E-state index in [-0.39, 0.29) is 17.5 Å². The van der Waals surface area contributed by atoms with E-state index in [1.54, 1.807) is 18.2 Å². The van der Waals surface area contributed by atoms with Crippen molar-refractivity contribution in [3.05, 3.63) is 23.2 Å². The van der Waals surface area contributed by atoms with E-state index in [2.05, 4.69) is 5.32 Å². The van der Waals surface area contributed by atoms with E-state index in [0.29, 0.717) is 23.6 Å². The van der Waals surface area contributed by atoms with E-state index >= 15 is 0 Å². The zero-order valence-corrected chi connectivity index (χ0v) is 10.9. The maximum absolute atomic E-state index is 11.3. The first-order chi connectivity index (χ1) is 7.96. The monoisotopic (exact) mass is 274 g/mol. The summed E-state index contributed by atoms with van der Waals surface area (Å²) in [5, 5.41) is 3.87. The number of sulfone groups is 1. The van der Waals surface area contributed by atoms with Crippen LogP contribution < -0.4 is 11.1 Å². The summed E-state index contributed by atoms with van der Waals surface area (Å²) in [5.41, 5.74) is 7.23. The molecule has 1 saturated heterocycles. The minimum Gasteiger partial charge on any atom is -0.397 e. The molecule has 6 heteroatoms. The van der Waals surface area contributed by atoms with Crippen LogP contribution in [0.15, 0.2) is 18.2 Å². The van der Waals surface area contributed by atoms with Gasteiger partial charge in [0.1, 0.15) is 9.84 Å². The fraction of sp³-hybridized carbons (Fsp3) is 0.455. The second-order valence-electron chi connectivity index (χ2n) is 4.30. The number of hydrogen-bond acceptors (Lipinski definition) is 4. The molecule has 17 heavy (non-hydrogen) atoms. The topological polar surface area (TPSA) is 72.2 Å². The third-order valence-electron chi connectivity index (χ3n) is 2.93. The van der Waals surface area contributed by atoms with E-state index in [0.717, 1.165) is 5.69 Å². The molecule has 2 rings (SSSR count). The van der Waals surface area contributed by atoms with Crippen LogP contribution in [0.1, 0.15) is 12.8 Å². The summed E-state index contributed by atoms with van der Waals surface area (Å²) >= 11 is 5.89. The minimum absolute atomic E-state index is 0.152. The summed E-state index contributed by atoms with van der Waals surface area (Å²) in [4.78, 5) is 0. The Balaban J connectivity index is 2.05. The van der Waals surface area contributed by atoms with E-state index < -0.39 is 9.84 Å². The first-order valence-electron chi connectivity index (χ1n) is 5.48. The van der Waals surface area contributed by atoms with Crippen molar-refractivity contribution in [1.82, 2.24) is 0 Å². The van der Waals surface area contributed by atoms with Crippen LogP contribution in [0.5, 0.6) is 0 Å². The molecule has 1 aliphatic heterocycles. The van der Waals surface area contributed by atoms with E-state index in [1.807, 2.05) is 0 Å². The molecule has 1 aromatic carbocycles. The van der Waals surface area contributed by atoms with E-state index in [9.17, 15) is 8.42 Å². The number of benzene rings is 1. The Hall–Kier alpha value is -0.940. The van der Waals surface area contributed by atoms with Crippen LogP contribution in [0, 0.1) is 0 Å². The number of halogens is 1. The van der Waals surface area contributed by atoms with Crippen molar-refractivity contribution in [2.24, 2.45) is 0 Å². The van der Waals surface area contributed by atoms with Gasteiger partial charge >= 0.3 is 0 Å². The Labute approximate surface area is 106 Å². The van der Waals surface area contributed by atoms with Crippen LogP contribution in [0.3, 0.4) is 0 Å². The molecule has 0 aromatic heterocycles. The lowest BCUT2D eigenvalue weighted by Crippen LogP contribution is -2.32. The molecule has 4 nitrogen and oxygen atoms in total. The Morgan fingerprint density at radius 2 is 1.94 bits per heavy atom. The molecule has 94 valence electrons. The Bertz CT molecular complexity index is 502. The van der Waals surface area contributed by atoms with Crippen molar-refractivity contribution in [3.8, 4) is 0 Å². The highest BCUT2D eigenvalue weighted by atomic mass is 35.5. The molecule has 0 saturated carbocycles. The second kappa shape index (κ2) is 4.74. The molecule has 0 bridgehead atoms. The summed E-state index contributed by atoms with van der Waals surface area (Å²) < 4.78 is 22.6. The van der Waals surface area contributed by atoms with Gasteiger partial charge in [-0.15, -0.1) is 0 Å². The molecule has 0 radical (unpaired) electrons. The van der Waals surface area contributed by atoms with Crippen molar-refractivity contribution in [3.63, 3.8) is 0 Å². The van der Waals surface area contributed by atoms with E-state index in [4.69, 9.17) is 17.3 Å². The van der Waals surface area contributed by atoms with E-state index in [1.165, 1.54) is 0 Å². The van der Waals surface area contributed by atoms with Crippen LogP contribution >= 0.6 is 11.6 Å². The van der Waals surface area contributed by atoms with Gasteiger partial charge in [-0.3, -0.25) is 0 Å². The molecule has 1 aromatic rings. The molecule has 0 unspecified atom stereocenters. The number of nitrogen functional groups attached to an aromatic ring is 1. The quantitative estimate of drug-likeness (QED) is 0.808. The van der Waals surface area contributed by atoms with Crippen molar-refractivity contribution >= 4 is 32.8 Å². The highest BCUT2D eigenvalue weighted by molar-refractivity contribution is 7.91. The Morgan fingerprint density at radius 1 is 1.29 bits per heavy atom. The van der Waals surface area contributed by atoms with Gasteiger partial charge in [-0.05, 0) is 31.0 Å². The molecule has 0 atom stereocenters. The third kappa shape index (κ3) is 3.26. The van der Waals surface area contributed by atoms with Crippen LogP contribution in [0.2, 0.25) is 5.02 Å². The highest BCUT2D eigenvalue weighted by Crippen LogP contribution is 2.26. The normalized spacial score (nSPS) is 20.1. The largest absolute Gasteiger partial charge is 0.397 e. The van der Waals surface area contributed by atoms with Crippen molar-refractivity contribution in [2.75, 3.05) is 22.6 Å². The molecule has 1 fully saturated rings. The van der Waals surface area contributed by atoms with Gasteiger partial charge in [-0.1, -0.05) is 11.6 Å². The van der Waals surface area contributed by atoms with Gasteiger partial charge in [0.2, 0.25) is 0 Å². The van der Waals surface area contributed by atoms with Gasteiger partial charge in [0.25, 0.3) is 0 Å². The number of hydrogen-bond donors (Lipinski definition) is 2. The zero-order valence-electron chi connectivity index (χ0n) is 9.32. The third-order valence-corrected chi connectivity index (χ3v) is 4.88. The van der Waals surface area contributed by atoms with Gasteiger partial charge in [0.15, 0.2) is 0 Å². The summed E-state index contributed by atoms with van der Waals surface area (Å²) in [6.07, 6.45) is 1.24. The van der Waals surface area contributed by atoms with Crippen LogP contribution in [0.25, 0.3) is 0 Å². The maximum Gasteiger partial charge on any atom is 0.150 e. The predicted molar refractivity (Wildman–Crippen MR) is 71.2 cm³/mol. The molecule has 1 heterocycles. The van der Waals surface area contributed by atoms with Crippen LogP contribution in [-0.2, 0) is 9.84 Å². The van der Waals surface area contributed by atoms with Crippen molar-refractivity contribution in [2.45, 2.75) is 18.9 Å². The molecule has 1 aliphatic rings. The number of anilines is 2. The predicted octanol–water partition coefficient (Wildman–Crippen LogP) is 1.91. The molecular weight excluding hydrogens is 260 g/mol. The fourth-order valence-corrected chi connectivity index (χ4v) is 3.57. The van der Waals surface area contributed by atoms with Gasteiger partial charge in [0, 0.05) is 11.1 Å². The molecular formula is C11H15ClN2O2S. The second-order valence-corrected chi connectivity index (χ2v) is 7.04. The summed E-state index contributed by atoms with van der Waals surface area (Å²) in [6, 6.07) is 5.39. The number of rotatable bonds is 2. The lowest BCUT2D eigenvalue weighted by atomic mass is 10.1. The Morgan fingerprint density at radius 3 is 2.59 bits per heavy atom. The number of nitrogens with one attached hydrogen (secondary N) is 1. The lowest BCUT2D eigenvalue weighted by molar-refractivity contribution is 0.559. The molecule has 0 spiro atoms. The summed E-state index contributed by atoms with van der Waals surface area (Å²) in [6.45, 7) is 0. The molecule has 3 N–H and O–H groups in total. The van der Waals surface area contributed by atoms with Crippen LogP contribution in [-0.4, -0.2) is 26.0 Å².